The van der Waals surface area contributed by atoms with E-state index in [-0.39, 0.29) is 17.0 Å². The fourth-order valence-corrected chi connectivity index (χ4v) is 5.02. The molecule has 0 radical (unpaired) electrons. The first-order valence-corrected chi connectivity index (χ1v) is 11.4. The van der Waals surface area contributed by atoms with Gasteiger partial charge < -0.3 is 5.73 Å². The van der Waals surface area contributed by atoms with Crippen LogP contribution in [0.4, 0.5) is 11.4 Å². The van der Waals surface area contributed by atoms with E-state index < -0.39 is 33.1 Å². The SMILES string of the molecule is NC(=O)CN(c1ccc(Cl)cc1Cc1ccccc1Cl)S(=O)(=O)c1cccc([N+](=O)[O-])c1. The molecule has 0 saturated heterocycles. The predicted octanol–water partition coefficient (Wildman–Crippen LogP) is 4.17. The van der Waals surface area contributed by atoms with Gasteiger partial charge in [0, 0.05) is 28.6 Å². The van der Waals surface area contributed by atoms with Crippen molar-refractivity contribution in [3.05, 3.63) is 98.0 Å². The summed E-state index contributed by atoms with van der Waals surface area (Å²) >= 11 is 12.4. The molecular weight excluding hydrogens is 477 g/mol. The van der Waals surface area contributed by atoms with Crippen LogP contribution in [0.25, 0.3) is 0 Å². The van der Waals surface area contributed by atoms with Crippen LogP contribution in [0.3, 0.4) is 0 Å². The van der Waals surface area contributed by atoms with Crippen molar-refractivity contribution in [1.82, 2.24) is 0 Å². The van der Waals surface area contributed by atoms with Crippen LogP contribution in [0.1, 0.15) is 11.1 Å². The van der Waals surface area contributed by atoms with Crippen LogP contribution >= 0.6 is 23.2 Å². The number of nitro groups is 1. The van der Waals surface area contributed by atoms with Crippen LogP contribution in [-0.2, 0) is 21.2 Å². The third-order valence-electron chi connectivity index (χ3n) is 4.56. The molecule has 1 amide bonds. The van der Waals surface area contributed by atoms with Crippen LogP contribution in [-0.4, -0.2) is 25.8 Å². The molecule has 0 aliphatic rings. The summed E-state index contributed by atoms with van der Waals surface area (Å²) in [6, 6.07) is 16.1. The molecule has 0 bridgehead atoms. The van der Waals surface area contributed by atoms with Crippen molar-refractivity contribution in [2.24, 2.45) is 5.73 Å². The highest BCUT2D eigenvalue weighted by Gasteiger charge is 2.29. The Morgan fingerprint density at radius 2 is 1.72 bits per heavy atom. The zero-order valence-corrected chi connectivity index (χ0v) is 18.8. The molecule has 0 saturated carbocycles. The Morgan fingerprint density at radius 3 is 2.38 bits per heavy atom. The van der Waals surface area contributed by atoms with Crippen LogP contribution in [0, 0.1) is 10.1 Å². The summed E-state index contributed by atoms with van der Waals surface area (Å²) < 4.78 is 27.7. The standard InChI is InChI=1S/C21H17Cl2N3O5S/c22-16-8-9-20(15(11-16)10-14-4-1-2-7-19(14)23)25(13-21(24)27)32(30,31)18-6-3-5-17(12-18)26(28)29/h1-9,11-12H,10,13H2,(H2,24,27). The van der Waals surface area contributed by atoms with Gasteiger partial charge in [-0.1, -0.05) is 47.5 Å². The van der Waals surface area contributed by atoms with Gasteiger partial charge in [-0.2, -0.15) is 0 Å². The number of carbonyl (C=O) groups is 1. The lowest BCUT2D eigenvalue weighted by Gasteiger charge is -2.26. The largest absolute Gasteiger partial charge is 0.368 e. The number of hydrogen-bond donors (Lipinski definition) is 1. The summed E-state index contributed by atoms with van der Waals surface area (Å²) in [4.78, 5) is 21.8. The quantitative estimate of drug-likeness (QED) is 0.372. The van der Waals surface area contributed by atoms with Gasteiger partial charge in [-0.3, -0.25) is 19.2 Å². The molecule has 0 heterocycles. The molecule has 8 nitrogen and oxygen atoms in total. The Balaban J connectivity index is 2.16. The molecule has 32 heavy (non-hydrogen) atoms. The third-order valence-corrected chi connectivity index (χ3v) is 6.92. The number of sulfonamides is 1. The Morgan fingerprint density at radius 1 is 1.00 bits per heavy atom. The molecular formula is C21H17Cl2N3O5S. The third kappa shape index (κ3) is 5.18. The van der Waals surface area contributed by atoms with Gasteiger partial charge in [0.15, 0.2) is 0 Å². The lowest BCUT2D eigenvalue weighted by molar-refractivity contribution is -0.385. The minimum absolute atomic E-state index is 0.152. The van der Waals surface area contributed by atoms with E-state index in [2.05, 4.69) is 0 Å². The van der Waals surface area contributed by atoms with Gasteiger partial charge in [0.1, 0.15) is 6.54 Å². The maximum absolute atomic E-state index is 13.4. The van der Waals surface area contributed by atoms with Crippen molar-refractivity contribution in [2.75, 3.05) is 10.8 Å². The van der Waals surface area contributed by atoms with E-state index in [4.69, 9.17) is 28.9 Å². The van der Waals surface area contributed by atoms with Gasteiger partial charge in [0.05, 0.1) is 15.5 Å². The maximum atomic E-state index is 13.4. The number of amides is 1. The van der Waals surface area contributed by atoms with Gasteiger partial charge in [-0.15, -0.1) is 0 Å². The molecule has 0 aliphatic heterocycles. The Hall–Kier alpha value is -3.14. The average Bonchev–Trinajstić information content (AvgIpc) is 2.74. The highest BCUT2D eigenvalue weighted by Crippen LogP contribution is 2.33. The van der Waals surface area contributed by atoms with E-state index in [0.717, 1.165) is 10.4 Å². The number of non-ortho nitro benzene ring substituents is 1. The van der Waals surface area contributed by atoms with Crippen LogP contribution in [0.15, 0.2) is 71.6 Å². The molecule has 0 aromatic heterocycles. The highest BCUT2D eigenvalue weighted by molar-refractivity contribution is 7.92. The number of primary amides is 1. The summed E-state index contributed by atoms with van der Waals surface area (Å²) in [5, 5.41) is 11.9. The van der Waals surface area contributed by atoms with Gasteiger partial charge in [-0.25, -0.2) is 8.42 Å². The summed E-state index contributed by atoms with van der Waals surface area (Å²) in [6.07, 6.45) is 0.218. The fraction of sp³-hybridized carbons (Fsp3) is 0.0952. The molecule has 3 rings (SSSR count). The van der Waals surface area contributed by atoms with Crippen LogP contribution < -0.4 is 10.0 Å². The summed E-state index contributed by atoms with van der Waals surface area (Å²) in [5.74, 6) is -0.905. The number of halogens is 2. The average molecular weight is 494 g/mol. The molecule has 11 heteroatoms. The second-order valence-electron chi connectivity index (χ2n) is 6.77. The molecule has 3 aromatic rings. The highest BCUT2D eigenvalue weighted by atomic mass is 35.5. The topological polar surface area (TPSA) is 124 Å². The van der Waals surface area contributed by atoms with Crippen molar-refractivity contribution in [2.45, 2.75) is 11.3 Å². The van der Waals surface area contributed by atoms with Crippen LogP contribution in [0.5, 0.6) is 0 Å². The first-order chi connectivity index (χ1) is 15.1. The molecule has 166 valence electrons. The Bertz CT molecular complexity index is 1300. The van der Waals surface area contributed by atoms with E-state index >= 15 is 0 Å². The van der Waals surface area contributed by atoms with Gasteiger partial charge in [-0.05, 0) is 41.5 Å². The van der Waals surface area contributed by atoms with Crippen molar-refractivity contribution < 1.29 is 18.1 Å². The minimum Gasteiger partial charge on any atom is -0.368 e. The first kappa shape index (κ1) is 23.5. The Kier molecular flexibility index (Phi) is 7.02. The van der Waals surface area contributed by atoms with Gasteiger partial charge in [0.2, 0.25) is 5.91 Å². The van der Waals surface area contributed by atoms with E-state index in [9.17, 15) is 23.3 Å². The molecule has 0 atom stereocenters. The van der Waals surface area contributed by atoms with Crippen molar-refractivity contribution >= 4 is 50.5 Å². The van der Waals surface area contributed by atoms with Gasteiger partial charge >= 0.3 is 0 Å². The molecule has 2 N–H and O–H groups in total. The van der Waals surface area contributed by atoms with E-state index in [1.165, 1.54) is 30.3 Å². The minimum atomic E-state index is -4.39. The van der Waals surface area contributed by atoms with E-state index in [0.29, 0.717) is 21.2 Å². The number of benzene rings is 3. The van der Waals surface area contributed by atoms with Crippen molar-refractivity contribution in [3.8, 4) is 0 Å². The summed E-state index contributed by atoms with van der Waals surface area (Å²) in [6.45, 7) is -0.678. The number of nitrogens with two attached hydrogens (primary N) is 1. The number of nitrogens with zero attached hydrogens (tertiary/aromatic N) is 2. The number of rotatable bonds is 8. The smallest absolute Gasteiger partial charge is 0.270 e. The monoisotopic (exact) mass is 493 g/mol. The second kappa shape index (κ2) is 9.56. The summed E-state index contributed by atoms with van der Waals surface area (Å²) in [5.41, 5.74) is 6.27. The van der Waals surface area contributed by atoms with Crippen molar-refractivity contribution in [1.29, 1.82) is 0 Å². The van der Waals surface area contributed by atoms with E-state index in [1.807, 2.05) is 0 Å². The maximum Gasteiger partial charge on any atom is 0.270 e. The normalized spacial score (nSPS) is 11.2. The summed E-state index contributed by atoms with van der Waals surface area (Å²) in [7, 11) is -4.39. The molecule has 0 aliphatic carbocycles. The van der Waals surface area contributed by atoms with E-state index in [1.54, 1.807) is 30.3 Å². The van der Waals surface area contributed by atoms with Crippen molar-refractivity contribution in [3.63, 3.8) is 0 Å². The number of carbonyl (C=O) groups excluding carboxylic acids is 1. The molecule has 0 unspecified atom stereocenters. The second-order valence-corrected chi connectivity index (χ2v) is 9.48. The number of anilines is 1. The number of nitro benzene ring substituents is 1. The lowest BCUT2D eigenvalue weighted by Crippen LogP contribution is -2.39. The fourth-order valence-electron chi connectivity index (χ4n) is 3.11. The first-order valence-electron chi connectivity index (χ1n) is 9.17. The lowest BCUT2D eigenvalue weighted by atomic mass is 10.0. The molecule has 3 aromatic carbocycles. The zero-order valence-electron chi connectivity index (χ0n) is 16.4. The van der Waals surface area contributed by atoms with Crippen LogP contribution in [0.2, 0.25) is 10.0 Å². The number of hydrogen-bond acceptors (Lipinski definition) is 5. The molecule has 0 spiro atoms. The molecule has 0 fully saturated rings. The van der Waals surface area contributed by atoms with Gasteiger partial charge in [0.25, 0.3) is 15.7 Å². The zero-order chi connectivity index (χ0) is 23.5. The Labute approximate surface area is 194 Å². The predicted molar refractivity (Wildman–Crippen MR) is 123 cm³/mol.